The highest BCUT2D eigenvalue weighted by Crippen LogP contribution is 2.44. The Morgan fingerprint density at radius 3 is 2.26 bits per heavy atom. The zero-order valence-electron chi connectivity index (χ0n) is 14.7. The lowest BCUT2D eigenvalue weighted by atomic mass is 9.81. The molecule has 27 heavy (non-hydrogen) atoms. The highest BCUT2D eigenvalue weighted by molar-refractivity contribution is 6.30. The molecule has 1 aliphatic rings. The number of ketones is 2. The Balaban J connectivity index is 2.15. The summed E-state index contributed by atoms with van der Waals surface area (Å²) in [5.41, 5.74) is -1.76. The van der Waals surface area contributed by atoms with E-state index in [0.29, 0.717) is 6.42 Å². The first kappa shape index (κ1) is 18.7. The third-order valence-electron chi connectivity index (χ3n) is 4.76. The number of carbonyl (C=O) groups excluding carboxylic acids is 2. The molecule has 0 heterocycles. The average Bonchev–Trinajstić information content (AvgIpc) is 2.58. The van der Waals surface area contributed by atoms with Crippen molar-refractivity contribution in [3.8, 4) is 23.0 Å². The molecule has 0 fully saturated rings. The van der Waals surface area contributed by atoms with Crippen LogP contribution in [0, 0.1) is 0 Å². The van der Waals surface area contributed by atoms with Crippen LogP contribution in [0.4, 0.5) is 0 Å². The molecule has 1 atom stereocenters. The van der Waals surface area contributed by atoms with Crippen LogP contribution in [0.5, 0.6) is 23.0 Å². The highest BCUT2D eigenvalue weighted by Gasteiger charge is 2.35. The molecule has 1 aliphatic carbocycles. The van der Waals surface area contributed by atoms with Crippen LogP contribution in [0.3, 0.4) is 0 Å². The number of benzene rings is 2. The Morgan fingerprint density at radius 1 is 0.926 bits per heavy atom. The third-order valence-corrected chi connectivity index (χ3v) is 4.76. The number of aliphatic hydroxyl groups is 1. The molecule has 142 valence electrons. The second-order valence-electron chi connectivity index (χ2n) is 6.62. The van der Waals surface area contributed by atoms with Crippen molar-refractivity contribution < 1.29 is 35.1 Å². The molecule has 7 nitrogen and oxygen atoms in total. The van der Waals surface area contributed by atoms with Crippen molar-refractivity contribution in [3.05, 3.63) is 46.0 Å². The molecular formula is C20H19O7-. The van der Waals surface area contributed by atoms with Crippen LogP contribution in [0.15, 0.2) is 18.2 Å². The fraction of sp³-hybridized carbons (Fsp3) is 0.300. The Labute approximate surface area is 155 Å². The number of hydrogen-bond donors (Lipinski definition) is 4. The summed E-state index contributed by atoms with van der Waals surface area (Å²) in [5.74, 6) is -4.17. The number of carbonyl (C=O) groups is 2. The number of phenols is 3. The minimum Gasteiger partial charge on any atom is -0.872 e. The first-order valence-corrected chi connectivity index (χ1v) is 8.68. The van der Waals surface area contributed by atoms with Crippen molar-refractivity contribution in [2.24, 2.45) is 0 Å². The van der Waals surface area contributed by atoms with Gasteiger partial charge in [0.1, 0.15) is 17.2 Å². The maximum Gasteiger partial charge on any atom is 0.197 e. The van der Waals surface area contributed by atoms with Crippen molar-refractivity contribution in [1.82, 2.24) is 0 Å². The molecule has 7 heteroatoms. The molecule has 0 saturated carbocycles. The molecule has 4 N–H and O–H groups in total. The Morgan fingerprint density at radius 2 is 1.59 bits per heavy atom. The summed E-state index contributed by atoms with van der Waals surface area (Å²) in [6, 6.07) is 2.91. The molecule has 0 amide bonds. The molecule has 0 unspecified atom stereocenters. The standard InChI is InChI=1S/C20H20O7/c1-2-3-4-5-12(22)17-14(24)8-11-16(20(17)27)19(26)15-10(18(11)25)6-9(21)7-13(15)23/h6-8,12,21-24,27H,2-5H2,1H3/p-1/t12-/m0/s1. The summed E-state index contributed by atoms with van der Waals surface area (Å²) < 4.78 is 0. The summed E-state index contributed by atoms with van der Waals surface area (Å²) >= 11 is 0. The van der Waals surface area contributed by atoms with Gasteiger partial charge in [0.05, 0.1) is 11.7 Å². The van der Waals surface area contributed by atoms with E-state index < -0.39 is 46.2 Å². The SMILES string of the molecule is CCCCC[C@H](O)c1c(O)cc2c(c1[O-])C(=O)c1c(O)cc(O)cc1C2=O. The Bertz CT molecular complexity index is 946. The first-order valence-electron chi connectivity index (χ1n) is 8.68. The largest absolute Gasteiger partial charge is 0.872 e. The van der Waals surface area contributed by atoms with Crippen molar-refractivity contribution in [1.29, 1.82) is 0 Å². The number of hydrogen-bond acceptors (Lipinski definition) is 7. The molecule has 0 spiro atoms. The van der Waals surface area contributed by atoms with E-state index in [9.17, 15) is 35.1 Å². The van der Waals surface area contributed by atoms with Crippen LogP contribution in [0.2, 0.25) is 0 Å². The molecule has 0 aliphatic heterocycles. The quantitative estimate of drug-likeness (QED) is 0.505. The van der Waals surface area contributed by atoms with E-state index in [0.717, 1.165) is 31.0 Å². The van der Waals surface area contributed by atoms with Crippen molar-refractivity contribution in [2.45, 2.75) is 38.7 Å². The molecule has 0 aromatic heterocycles. The van der Waals surface area contributed by atoms with E-state index in [4.69, 9.17) is 0 Å². The van der Waals surface area contributed by atoms with Gasteiger partial charge in [-0.05, 0) is 18.6 Å². The summed E-state index contributed by atoms with van der Waals surface area (Å²) in [5, 5.41) is 52.9. The van der Waals surface area contributed by atoms with Crippen LogP contribution in [-0.2, 0) is 0 Å². The normalized spacial score (nSPS) is 14.0. The minimum absolute atomic E-state index is 0.229. The van der Waals surface area contributed by atoms with Crippen LogP contribution in [0.1, 0.15) is 76.1 Å². The van der Waals surface area contributed by atoms with E-state index in [1.54, 1.807) is 0 Å². The lowest BCUT2D eigenvalue weighted by molar-refractivity contribution is -0.271. The molecule has 2 aromatic rings. The van der Waals surface area contributed by atoms with Gasteiger partial charge in [-0.1, -0.05) is 31.9 Å². The van der Waals surface area contributed by atoms with Gasteiger partial charge in [0, 0.05) is 28.3 Å². The fourth-order valence-electron chi connectivity index (χ4n) is 3.42. The predicted molar refractivity (Wildman–Crippen MR) is 93.3 cm³/mol. The van der Waals surface area contributed by atoms with Crippen molar-refractivity contribution in [3.63, 3.8) is 0 Å². The maximum atomic E-state index is 12.8. The van der Waals surface area contributed by atoms with Gasteiger partial charge in [-0.25, -0.2) is 0 Å². The lowest BCUT2D eigenvalue weighted by Gasteiger charge is -2.28. The molecular weight excluding hydrogens is 352 g/mol. The van der Waals surface area contributed by atoms with E-state index >= 15 is 0 Å². The smallest absolute Gasteiger partial charge is 0.197 e. The molecule has 0 saturated heterocycles. The van der Waals surface area contributed by atoms with E-state index in [1.165, 1.54) is 0 Å². The van der Waals surface area contributed by atoms with Crippen molar-refractivity contribution >= 4 is 11.6 Å². The van der Waals surface area contributed by atoms with Gasteiger partial charge in [-0.15, -0.1) is 0 Å². The number of unbranched alkanes of at least 4 members (excludes halogenated alkanes) is 2. The predicted octanol–water partition coefficient (Wildman–Crippen LogP) is 2.27. The summed E-state index contributed by atoms with van der Waals surface area (Å²) in [6.45, 7) is 1.98. The topological polar surface area (TPSA) is 138 Å². The van der Waals surface area contributed by atoms with Gasteiger partial charge >= 0.3 is 0 Å². The molecule has 0 bridgehead atoms. The monoisotopic (exact) mass is 371 g/mol. The first-order chi connectivity index (χ1) is 12.8. The van der Waals surface area contributed by atoms with Gasteiger partial charge in [-0.3, -0.25) is 9.59 Å². The van der Waals surface area contributed by atoms with Crippen LogP contribution in [-0.4, -0.2) is 32.0 Å². The van der Waals surface area contributed by atoms with Gasteiger partial charge < -0.3 is 25.5 Å². The Hall–Kier alpha value is -3.06. The van der Waals surface area contributed by atoms with Crippen LogP contribution >= 0.6 is 0 Å². The van der Waals surface area contributed by atoms with Crippen LogP contribution < -0.4 is 5.11 Å². The number of fused-ring (bicyclic) bond motifs is 2. The minimum atomic E-state index is -1.27. The van der Waals surface area contributed by atoms with E-state index in [-0.39, 0.29) is 28.7 Å². The number of aromatic hydroxyl groups is 3. The zero-order chi connectivity index (χ0) is 19.9. The molecule has 2 aromatic carbocycles. The number of rotatable bonds is 5. The zero-order valence-corrected chi connectivity index (χ0v) is 14.7. The number of phenolic OH excluding ortho intramolecular Hbond substituents is 3. The third kappa shape index (κ3) is 3.00. The van der Waals surface area contributed by atoms with Crippen LogP contribution in [0.25, 0.3) is 0 Å². The van der Waals surface area contributed by atoms with Gasteiger partial charge in [0.15, 0.2) is 11.6 Å². The number of aliphatic hydroxyl groups excluding tert-OH is 1. The maximum absolute atomic E-state index is 12.8. The second kappa shape index (κ2) is 6.92. The van der Waals surface area contributed by atoms with Gasteiger partial charge in [0.25, 0.3) is 0 Å². The summed E-state index contributed by atoms with van der Waals surface area (Å²) in [6.07, 6.45) is 1.32. The summed E-state index contributed by atoms with van der Waals surface area (Å²) in [7, 11) is 0. The highest BCUT2D eigenvalue weighted by atomic mass is 16.3. The molecule has 3 rings (SSSR count). The lowest BCUT2D eigenvalue weighted by Crippen LogP contribution is -2.24. The van der Waals surface area contributed by atoms with E-state index in [2.05, 4.69) is 0 Å². The van der Waals surface area contributed by atoms with Gasteiger partial charge in [-0.2, -0.15) is 0 Å². The van der Waals surface area contributed by atoms with Crippen molar-refractivity contribution in [2.75, 3.05) is 0 Å². The summed E-state index contributed by atoms with van der Waals surface area (Å²) in [4.78, 5) is 25.5. The fourth-order valence-corrected chi connectivity index (χ4v) is 3.42. The average molecular weight is 371 g/mol. The molecule has 0 radical (unpaired) electrons. The second-order valence-corrected chi connectivity index (χ2v) is 6.62. The van der Waals surface area contributed by atoms with E-state index in [1.807, 2.05) is 6.92 Å². The van der Waals surface area contributed by atoms with Gasteiger partial charge in [0.2, 0.25) is 0 Å². The Kier molecular flexibility index (Phi) is 4.80.